The van der Waals surface area contributed by atoms with Crippen LogP contribution in [0.15, 0.2) is 71.3 Å². The zero-order valence-electron chi connectivity index (χ0n) is 18.4. The van der Waals surface area contributed by atoms with Crippen molar-refractivity contribution in [1.82, 2.24) is 15.5 Å². The topological polar surface area (TPSA) is 83.8 Å². The Kier molecular flexibility index (Phi) is 8.31. The van der Waals surface area contributed by atoms with E-state index < -0.39 is 6.36 Å². The van der Waals surface area contributed by atoms with Crippen LogP contribution >= 0.6 is 0 Å². The maximum atomic E-state index is 12.6. The zero-order chi connectivity index (χ0) is 24.6. The predicted molar refractivity (Wildman–Crippen MR) is 118 cm³/mol. The number of hydrogen-bond donors (Lipinski definition) is 2. The fourth-order valence-corrected chi connectivity index (χ4v) is 3.28. The van der Waals surface area contributed by atoms with E-state index in [0.29, 0.717) is 24.4 Å². The third kappa shape index (κ3) is 7.66. The van der Waals surface area contributed by atoms with Crippen LogP contribution in [0.3, 0.4) is 0 Å². The minimum atomic E-state index is -4.83. The van der Waals surface area contributed by atoms with Gasteiger partial charge in [0.15, 0.2) is 0 Å². The molecule has 0 aliphatic rings. The van der Waals surface area contributed by atoms with E-state index in [4.69, 9.17) is 4.42 Å². The van der Waals surface area contributed by atoms with Crippen molar-refractivity contribution in [2.24, 2.45) is 0 Å². The average molecular weight is 475 g/mol. The van der Waals surface area contributed by atoms with Crippen LogP contribution in [-0.2, 0) is 24.4 Å². The zero-order valence-corrected chi connectivity index (χ0v) is 18.4. The number of alkyl halides is 3. The van der Waals surface area contributed by atoms with Gasteiger partial charge in [0, 0.05) is 31.3 Å². The minimum absolute atomic E-state index is 0.0276. The molecule has 2 N–H and O–H groups in total. The van der Waals surface area contributed by atoms with E-state index in [1.54, 1.807) is 49.5 Å². The number of carbonyl (C=O) groups is 2. The van der Waals surface area contributed by atoms with Gasteiger partial charge in [-0.05, 0) is 35.9 Å². The quantitative estimate of drug-likeness (QED) is 0.465. The lowest BCUT2D eigenvalue weighted by Crippen LogP contribution is -2.36. The molecular formula is C24H24F3N3O4. The molecule has 0 bridgehead atoms. The Morgan fingerprint density at radius 3 is 2.38 bits per heavy atom. The van der Waals surface area contributed by atoms with Crippen molar-refractivity contribution in [3.8, 4) is 5.75 Å². The van der Waals surface area contributed by atoms with Gasteiger partial charge in [-0.3, -0.25) is 14.5 Å². The first-order chi connectivity index (χ1) is 16.2. The highest BCUT2D eigenvalue weighted by Crippen LogP contribution is 2.26. The van der Waals surface area contributed by atoms with E-state index in [1.165, 1.54) is 24.5 Å². The van der Waals surface area contributed by atoms with E-state index in [2.05, 4.69) is 15.4 Å². The second kappa shape index (κ2) is 11.4. The van der Waals surface area contributed by atoms with E-state index in [-0.39, 0.29) is 36.2 Å². The predicted octanol–water partition coefficient (Wildman–Crippen LogP) is 3.86. The molecule has 3 rings (SSSR count). The number of furan rings is 1. The molecule has 180 valence electrons. The van der Waals surface area contributed by atoms with Gasteiger partial charge in [-0.1, -0.05) is 30.3 Å². The molecule has 7 nitrogen and oxygen atoms in total. The molecule has 10 heteroatoms. The summed E-state index contributed by atoms with van der Waals surface area (Å²) >= 11 is 0. The summed E-state index contributed by atoms with van der Waals surface area (Å²) < 4.78 is 47.3. The maximum Gasteiger partial charge on any atom is 0.573 e. The van der Waals surface area contributed by atoms with Crippen molar-refractivity contribution in [1.29, 1.82) is 0 Å². The van der Waals surface area contributed by atoms with Gasteiger partial charge in [-0.15, -0.1) is 13.2 Å². The first kappa shape index (κ1) is 24.8. The van der Waals surface area contributed by atoms with Crippen LogP contribution in [0.1, 0.15) is 27.2 Å². The van der Waals surface area contributed by atoms with Crippen molar-refractivity contribution in [2.75, 3.05) is 13.6 Å². The Balaban J connectivity index is 1.65. The molecule has 0 aliphatic heterocycles. The van der Waals surface area contributed by atoms with Crippen LogP contribution in [0.25, 0.3) is 0 Å². The Hall–Kier alpha value is -3.79. The van der Waals surface area contributed by atoms with Crippen LogP contribution in [0.2, 0.25) is 0 Å². The van der Waals surface area contributed by atoms with Crippen molar-refractivity contribution in [3.05, 3.63) is 89.4 Å². The number of carbonyl (C=O) groups excluding carboxylic acids is 2. The Labute approximate surface area is 194 Å². The van der Waals surface area contributed by atoms with E-state index >= 15 is 0 Å². The second-order valence-corrected chi connectivity index (χ2v) is 7.43. The Morgan fingerprint density at radius 2 is 1.74 bits per heavy atom. The number of halogens is 3. The van der Waals surface area contributed by atoms with Gasteiger partial charge in [0.25, 0.3) is 5.91 Å². The summed E-state index contributed by atoms with van der Waals surface area (Å²) in [6, 6.07) is 16.1. The third-order valence-electron chi connectivity index (χ3n) is 4.85. The smallest absolute Gasteiger partial charge is 0.468 e. The monoisotopic (exact) mass is 475 g/mol. The molecule has 34 heavy (non-hydrogen) atoms. The summed E-state index contributed by atoms with van der Waals surface area (Å²) in [5.74, 6) is -0.291. The van der Waals surface area contributed by atoms with Gasteiger partial charge < -0.3 is 19.8 Å². The lowest BCUT2D eigenvalue weighted by molar-refractivity contribution is -0.274. The van der Waals surface area contributed by atoms with Crippen molar-refractivity contribution < 1.29 is 31.9 Å². The van der Waals surface area contributed by atoms with Crippen molar-refractivity contribution >= 4 is 11.8 Å². The molecule has 0 radical (unpaired) electrons. The van der Waals surface area contributed by atoms with Crippen LogP contribution < -0.4 is 15.4 Å². The second-order valence-electron chi connectivity index (χ2n) is 7.43. The molecule has 1 heterocycles. The van der Waals surface area contributed by atoms with Crippen LogP contribution in [-0.4, -0.2) is 36.7 Å². The summed E-state index contributed by atoms with van der Waals surface area (Å²) in [6.07, 6.45) is -3.30. The van der Waals surface area contributed by atoms with Crippen LogP contribution in [0.5, 0.6) is 5.75 Å². The van der Waals surface area contributed by atoms with Gasteiger partial charge in [0.1, 0.15) is 11.5 Å². The maximum absolute atomic E-state index is 12.6. The molecule has 0 saturated carbocycles. The number of para-hydroxylation sites is 1. The first-order valence-corrected chi connectivity index (χ1v) is 10.4. The number of amides is 2. The molecule has 0 fully saturated rings. The molecule has 0 spiro atoms. The fraction of sp³-hybridized carbons (Fsp3) is 0.250. The Bertz CT molecular complexity index is 1080. The van der Waals surface area contributed by atoms with Gasteiger partial charge in [0.05, 0.1) is 19.4 Å². The van der Waals surface area contributed by atoms with Crippen molar-refractivity contribution in [3.63, 3.8) is 0 Å². The summed E-state index contributed by atoms with van der Waals surface area (Å²) in [5, 5.41) is 5.20. The van der Waals surface area contributed by atoms with Crippen molar-refractivity contribution in [2.45, 2.75) is 26.0 Å². The van der Waals surface area contributed by atoms with E-state index in [0.717, 1.165) is 5.56 Å². The summed E-state index contributed by atoms with van der Waals surface area (Å²) in [6.45, 7) is 0.571. The van der Waals surface area contributed by atoms with Gasteiger partial charge >= 0.3 is 6.36 Å². The SMILES string of the molecule is CNC(=O)c1ccc(CN(CC(=O)NCc2ccccc2OC(F)(F)F)Cc2ccco2)cc1. The molecular weight excluding hydrogens is 451 g/mol. The first-order valence-electron chi connectivity index (χ1n) is 10.4. The van der Waals surface area contributed by atoms with E-state index in [1.807, 2.05) is 4.90 Å². The van der Waals surface area contributed by atoms with Gasteiger partial charge in [0.2, 0.25) is 5.91 Å². The molecule has 0 unspecified atom stereocenters. The largest absolute Gasteiger partial charge is 0.573 e. The molecule has 0 saturated heterocycles. The summed E-state index contributed by atoms with van der Waals surface area (Å²) in [5.41, 5.74) is 1.59. The van der Waals surface area contributed by atoms with Gasteiger partial charge in [-0.2, -0.15) is 0 Å². The lowest BCUT2D eigenvalue weighted by Gasteiger charge is -2.21. The number of rotatable bonds is 10. The standard InChI is InChI=1S/C24H24F3N3O4/c1-28-23(32)18-10-8-17(9-11-18)14-30(15-20-6-4-12-33-20)16-22(31)29-13-19-5-2-3-7-21(19)34-24(25,26)27/h2-12H,13-16H2,1H3,(H,28,32)(H,29,31). The highest BCUT2D eigenvalue weighted by Gasteiger charge is 2.32. The molecule has 0 atom stereocenters. The van der Waals surface area contributed by atoms with Crippen LogP contribution in [0.4, 0.5) is 13.2 Å². The van der Waals surface area contributed by atoms with E-state index in [9.17, 15) is 22.8 Å². The van der Waals surface area contributed by atoms with Crippen LogP contribution in [0, 0.1) is 0 Å². The van der Waals surface area contributed by atoms with Gasteiger partial charge in [-0.25, -0.2) is 0 Å². The average Bonchev–Trinajstić information content (AvgIpc) is 3.30. The summed E-state index contributed by atoms with van der Waals surface area (Å²) in [4.78, 5) is 26.2. The fourth-order valence-electron chi connectivity index (χ4n) is 3.28. The number of hydrogen-bond acceptors (Lipinski definition) is 5. The number of benzene rings is 2. The number of nitrogens with one attached hydrogen (secondary N) is 2. The summed E-state index contributed by atoms with van der Waals surface area (Å²) in [7, 11) is 1.55. The molecule has 2 amide bonds. The highest BCUT2D eigenvalue weighted by atomic mass is 19.4. The Morgan fingerprint density at radius 1 is 1.00 bits per heavy atom. The molecule has 1 aromatic heterocycles. The number of nitrogens with zero attached hydrogens (tertiary/aromatic N) is 1. The third-order valence-corrected chi connectivity index (χ3v) is 4.85. The molecule has 3 aromatic rings. The minimum Gasteiger partial charge on any atom is -0.468 e. The molecule has 2 aromatic carbocycles. The highest BCUT2D eigenvalue weighted by molar-refractivity contribution is 5.93. The molecule has 0 aliphatic carbocycles. The number of ether oxygens (including phenoxy) is 1. The lowest BCUT2D eigenvalue weighted by atomic mass is 10.1. The normalized spacial score (nSPS) is 11.3.